The van der Waals surface area contributed by atoms with Crippen molar-refractivity contribution in [2.45, 2.75) is 25.6 Å². The van der Waals surface area contributed by atoms with E-state index in [4.69, 9.17) is 9.47 Å². The second-order valence-electron chi connectivity index (χ2n) is 8.84. The maximum atomic E-state index is 12.7. The Morgan fingerprint density at radius 3 is 1.10 bits per heavy atom. The van der Waals surface area contributed by atoms with Gasteiger partial charge in [0.2, 0.25) is 0 Å². The van der Waals surface area contributed by atoms with Crippen LogP contribution in [0.2, 0.25) is 0 Å². The van der Waals surface area contributed by atoms with Crippen LogP contribution >= 0.6 is 0 Å². The van der Waals surface area contributed by atoms with Gasteiger partial charge in [-0.05, 0) is 83.9 Å². The second kappa shape index (κ2) is 12.7. The molecule has 0 aromatic heterocycles. The number of nitrogens with zero attached hydrogens (tertiary/aromatic N) is 2. The van der Waals surface area contributed by atoms with Gasteiger partial charge in [-0.25, -0.2) is 9.59 Å². The van der Waals surface area contributed by atoms with E-state index in [1.165, 1.54) is 72.8 Å². The number of ether oxygens (including phenoxy) is 2. The first-order valence-electron chi connectivity index (χ1n) is 12.2. The Morgan fingerprint density at radius 2 is 0.810 bits per heavy atom. The molecule has 0 heterocycles. The zero-order valence-electron chi connectivity index (χ0n) is 21.4. The minimum Gasteiger partial charge on any atom is -0.457 e. The molecule has 4 aromatic rings. The molecule has 0 unspecified atom stereocenters. The molecule has 0 aliphatic carbocycles. The van der Waals surface area contributed by atoms with E-state index in [-0.39, 0.29) is 24.3 Å². The van der Waals surface area contributed by atoms with Crippen molar-refractivity contribution in [2.75, 3.05) is 0 Å². The van der Waals surface area contributed by atoms with Gasteiger partial charge < -0.3 is 9.47 Å². The van der Waals surface area contributed by atoms with Gasteiger partial charge in [0.25, 0.3) is 0 Å². The first-order chi connectivity index (χ1) is 19.9. The Hall–Kier alpha value is -5.00. The van der Waals surface area contributed by atoms with E-state index in [9.17, 15) is 35.9 Å². The lowest BCUT2D eigenvalue weighted by Crippen LogP contribution is -2.07. The van der Waals surface area contributed by atoms with Crippen LogP contribution in [-0.4, -0.2) is 11.9 Å². The van der Waals surface area contributed by atoms with Gasteiger partial charge in [0, 0.05) is 0 Å². The first kappa shape index (κ1) is 30.0. The van der Waals surface area contributed by atoms with Gasteiger partial charge in [0.1, 0.15) is 13.2 Å². The van der Waals surface area contributed by atoms with Crippen molar-refractivity contribution in [3.8, 4) is 0 Å². The number of halogens is 6. The van der Waals surface area contributed by atoms with E-state index in [0.717, 1.165) is 24.3 Å². The number of esters is 2. The van der Waals surface area contributed by atoms with Gasteiger partial charge in [0.05, 0.1) is 33.6 Å². The summed E-state index contributed by atoms with van der Waals surface area (Å²) in [6.07, 6.45) is -8.90. The number of benzene rings is 4. The molecule has 0 saturated heterocycles. The summed E-state index contributed by atoms with van der Waals surface area (Å²) in [5.74, 6) is -1.33. The molecule has 6 nitrogen and oxygen atoms in total. The van der Waals surface area contributed by atoms with E-state index in [1.807, 2.05) is 0 Å². The predicted octanol–water partition coefficient (Wildman–Crippen LogP) is 8.85. The van der Waals surface area contributed by atoms with Crippen LogP contribution in [0.4, 0.5) is 37.7 Å². The number of hydrogen-bond acceptors (Lipinski definition) is 6. The summed E-state index contributed by atoms with van der Waals surface area (Å²) < 4.78 is 86.2. The van der Waals surface area contributed by atoms with Crippen molar-refractivity contribution in [1.29, 1.82) is 0 Å². The van der Waals surface area contributed by atoms with E-state index < -0.39 is 35.4 Å². The molecule has 216 valence electrons. The van der Waals surface area contributed by atoms with Gasteiger partial charge in [-0.2, -0.15) is 36.6 Å². The summed E-state index contributed by atoms with van der Waals surface area (Å²) in [4.78, 5) is 24.5. The third kappa shape index (κ3) is 8.26. The second-order valence-corrected chi connectivity index (χ2v) is 8.84. The number of carbonyl (C=O) groups excluding carboxylic acids is 2. The summed E-state index contributed by atoms with van der Waals surface area (Å²) in [5, 5.41) is 8.12. The molecule has 0 spiro atoms. The fourth-order valence-corrected chi connectivity index (χ4v) is 3.49. The van der Waals surface area contributed by atoms with Crippen molar-refractivity contribution in [3.63, 3.8) is 0 Å². The van der Waals surface area contributed by atoms with Crippen molar-refractivity contribution in [1.82, 2.24) is 0 Å². The zero-order valence-corrected chi connectivity index (χ0v) is 21.4. The Kier molecular flexibility index (Phi) is 9.04. The lowest BCUT2D eigenvalue weighted by atomic mass is 10.1. The Labute approximate surface area is 235 Å². The highest BCUT2D eigenvalue weighted by atomic mass is 19.4. The molecule has 0 N–H and O–H groups in total. The van der Waals surface area contributed by atoms with Gasteiger partial charge in [-0.1, -0.05) is 24.3 Å². The van der Waals surface area contributed by atoms with Crippen molar-refractivity contribution < 1.29 is 45.4 Å². The third-order valence-corrected chi connectivity index (χ3v) is 5.79. The summed E-state index contributed by atoms with van der Waals surface area (Å²) in [7, 11) is 0. The molecule has 0 amide bonds. The van der Waals surface area contributed by atoms with Crippen molar-refractivity contribution in [2.24, 2.45) is 10.2 Å². The Bertz CT molecular complexity index is 1430. The van der Waals surface area contributed by atoms with Gasteiger partial charge in [0.15, 0.2) is 0 Å². The van der Waals surface area contributed by atoms with Gasteiger partial charge in [-0.3, -0.25) is 0 Å². The molecule has 0 saturated carbocycles. The standard InChI is InChI=1S/C30H20F6N2O4/c31-29(32,33)23-9-1-19(2-10-23)17-41-27(39)21-5-13-25(14-6-21)37-38-26-15-7-22(8-16-26)28(40)42-18-20-3-11-24(12-4-20)30(34,35)36/h1-16H,17-18H2. The quantitative estimate of drug-likeness (QED) is 0.117. The van der Waals surface area contributed by atoms with Crippen LogP contribution in [0.1, 0.15) is 43.0 Å². The number of rotatable bonds is 8. The maximum Gasteiger partial charge on any atom is 0.416 e. The zero-order chi connectivity index (χ0) is 30.3. The molecule has 12 heteroatoms. The van der Waals surface area contributed by atoms with E-state index in [1.54, 1.807) is 0 Å². The number of alkyl halides is 6. The fourth-order valence-electron chi connectivity index (χ4n) is 3.49. The minimum absolute atomic E-state index is 0.197. The van der Waals surface area contributed by atoms with Crippen LogP contribution in [0.5, 0.6) is 0 Å². The Morgan fingerprint density at radius 1 is 0.500 bits per heavy atom. The minimum atomic E-state index is -4.45. The number of hydrogen-bond donors (Lipinski definition) is 0. The number of azo groups is 1. The average molecular weight is 586 g/mol. The third-order valence-electron chi connectivity index (χ3n) is 5.79. The van der Waals surface area contributed by atoms with Crippen LogP contribution in [0.15, 0.2) is 107 Å². The highest BCUT2D eigenvalue weighted by Crippen LogP contribution is 2.30. The molecule has 4 aromatic carbocycles. The van der Waals surface area contributed by atoms with Crippen LogP contribution in [0.25, 0.3) is 0 Å². The molecule has 0 bridgehead atoms. The van der Waals surface area contributed by atoms with Gasteiger partial charge in [-0.15, -0.1) is 0 Å². The van der Waals surface area contributed by atoms with E-state index in [0.29, 0.717) is 22.5 Å². The first-order valence-corrected chi connectivity index (χ1v) is 12.2. The predicted molar refractivity (Wildman–Crippen MR) is 138 cm³/mol. The summed E-state index contributed by atoms with van der Waals surface area (Å²) in [6, 6.07) is 20.5. The average Bonchev–Trinajstić information content (AvgIpc) is 2.97. The smallest absolute Gasteiger partial charge is 0.416 e. The summed E-state index contributed by atoms with van der Waals surface area (Å²) in [5.41, 5.74) is 0.454. The lowest BCUT2D eigenvalue weighted by molar-refractivity contribution is -0.138. The molecule has 4 rings (SSSR count). The van der Waals surface area contributed by atoms with Crippen molar-refractivity contribution >= 4 is 23.3 Å². The monoisotopic (exact) mass is 586 g/mol. The van der Waals surface area contributed by atoms with E-state index in [2.05, 4.69) is 10.2 Å². The molecule has 42 heavy (non-hydrogen) atoms. The fraction of sp³-hybridized carbons (Fsp3) is 0.133. The summed E-state index contributed by atoms with van der Waals surface area (Å²) >= 11 is 0. The SMILES string of the molecule is O=C(OCc1ccc(C(F)(F)F)cc1)c1ccc(N=Nc2ccc(C(=O)OCc3ccc(C(F)(F)F)cc3)cc2)cc1. The summed E-state index contributed by atoms with van der Waals surface area (Å²) in [6.45, 7) is -0.395. The van der Waals surface area contributed by atoms with Crippen LogP contribution in [0, 0.1) is 0 Å². The van der Waals surface area contributed by atoms with Crippen LogP contribution in [0.3, 0.4) is 0 Å². The topological polar surface area (TPSA) is 77.3 Å². The molecule has 0 aliphatic rings. The lowest BCUT2D eigenvalue weighted by Gasteiger charge is -2.08. The molecule has 0 aliphatic heterocycles. The molecular weight excluding hydrogens is 566 g/mol. The van der Waals surface area contributed by atoms with Crippen molar-refractivity contribution in [3.05, 3.63) is 130 Å². The highest BCUT2D eigenvalue weighted by molar-refractivity contribution is 5.90. The molecule has 0 radical (unpaired) electrons. The molecule has 0 fully saturated rings. The highest BCUT2D eigenvalue weighted by Gasteiger charge is 2.30. The van der Waals surface area contributed by atoms with Crippen LogP contribution in [-0.2, 0) is 35.0 Å². The number of carbonyl (C=O) groups is 2. The molecule has 0 atom stereocenters. The van der Waals surface area contributed by atoms with Gasteiger partial charge >= 0.3 is 24.3 Å². The maximum absolute atomic E-state index is 12.7. The van der Waals surface area contributed by atoms with E-state index >= 15 is 0 Å². The molecular formula is C30H20F6N2O4. The normalized spacial score (nSPS) is 11.9. The Balaban J connectivity index is 1.26. The largest absolute Gasteiger partial charge is 0.457 e. The van der Waals surface area contributed by atoms with Crippen LogP contribution < -0.4 is 0 Å².